The summed E-state index contributed by atoms with van der Waals surface area (Å²) in [5, 5.41) is 10.2. The molecule has 1 aromatic rings. The third-order valence-corrected chi connectivity index (χ3v) is 5.03. The number of aryl methyl sites for hydroxylation is 1. The summed E-state index contributed by atoms with van der Waals surface area (Å²) in [6.07, 6.45) is 1.78. The Labute approximate surface area is 134 Å². The Bertz CT molecular complexity index is 542. The first-order valence-electron chi connectivity index (χ1n) is 7.48. The monoisotopic (exact) mass is 326 g/mol. The quantitative estimate of drug-likeness (QED) is 0.811. The van der Waals surface area contributed by atoms with E-state index in [-0.39, 0.29) is 24.2 Å². The van der Waals surface area contributed by atoms with Crippen LogP contribution >= 0.6 is 11.3 Å². The highest BCUT2D eigenvalue weighted by molar-refractivity contribution is 7.15. The fourth-order valence-electron chi connectivity index (χ4n) is 2.86. The Balaban J connectivity index is 1.50. The van der Waals surface area contributed by atoms with Crippen molar-refractivity contribution in [3.05, 3.63) is 5.01 Å². The lowest BCUT2D eigenvalue weighted by atomic mass is 9.85. The molecule has 2 aliphatic heterocycles. The van der Waals surface area contributed by atoms with E-state index in [4.69, 9.17) is 9.47 Å². The minimum absolute atomic E-state index is 0.000105. The lowest BCUT2D eigenvalue weighted by molar-refractivity contribution is -0.156. The summed E-state index contributed by atoms with van der Waals surface area (Å²) in [7, 11) is 3.48. The lowest BCUT2D eigenvalue weighted by Crippen LogP contribution is -2.66. The summed E-state index contributed by atoms with van der Waals surface area (Å²) >= 11 is 1.60. The van der Waals surface area contributed by atoms with Gasteiger partial charge < -0.3 is 19.3 Å². The van der Waals surface area contributed by atoms with Crippen molar-refractivity contribution in [2.45, 2.75) is 31.5 Å². The number of nitrogens with zero attached hydrogens (tertiary/aromatic N) is 4. The van der Waals surface area contributed by atoms with Crippen LogP contribution in [-0.2, 0) is 14.3 Å². The Morgan fingerprint density at radius 1 is 1.50 bits per heavy atom. The molecule has 7 nitrogen and oxygen atoms in total. The molecule has 3 rings (SSSR count). The highest BCUT2D eigenvalue weighted by Gasteiger charge is 2.49. The fraction of sp³-hybridized carbons (Fsp3) is 0.786. The molecule has 0 bridgehead atoms. The first-order valence-corrected chi connectivity index (χ1v) is 8.30. The van der Waals surface area contributed by atoms with Gasteiger partial charge >= 0.3 is 0 Å². The molecule has 8 heteroatoms. The fourth-order valence-corrected chi connectivity index (χ4v) is 3.55. The summed E-state index contributed by atoms with van der Waals surface area (Å²) in [4.78, 5) is 15.4. The lowest BCUT2D eigenvalue weighted by Gasteiger charge is -2.52. The molecule has 122 valence electrons. The highest BCUT2D eigenvalue weighted by Crippen LogP contribution is 2.38. The Morgan fingerprint density at radius 2 is 2.27 bits per heavy atom. The number of anilines is 1. The van der Waals surface area contributed by atoms with Crippen molar-refractivity contribution in [2.24, 2.45) is 0 Å². The van der Waals surface area contributed by atoms with E-state index in [0.29, 0.717) is 6.61 Å². The molecule has 0 unspecified atom stereocenters. The standard InChI is InChI=1S/C14H22N4O3S/c1-10-15-16-13(22-10)18-8-14(9-18)6-11(4-5-21-14)20-7-12(19)17(2)3/h11H,4-9H2,1-3H3/t11-/m0/s1. The molecule has 0 saturated carbocycles. The third-order valence-electron chi connectivity index (χ3n) is 4.13. The van der Waals surface area contributed by atoms with Gasteiger partial charge in [0.1, 0.15) is 17.2 Å². The second-order valence-corrected chi connectivity index (χ2v) is 7.37. The van der Waals surface area contributed by atoms with E-state index in [2.05, 4.69) is 15.1 Å². The van der Waals surface area contributed by atoms with Crippen LogP contribution in [0, 0.1) is 6.92 Å². The van der Waals surface area contributed by atoms with Gasteiger partial charge in [0.05, 0.1) is 19.2 Å². The van der Waals surface area contributed by atoms with Gasteiger partial charge in [-0.3, -0.25) is 4.79 Å². The Kier molecular flexibility index (Phi) is 4.33. The maximum atomic E-state index is 11.6. The van der Waals surface area contributed by atoms with Crippen LogP contribution < -0.4 is 4.90 Å². The molecule has 1 amide bonds. The number of carbonyl (C=O) groups is 1. The molecule has 1 aromatic heterocycles. The molecule has 22 heavy (non-hydrogen) atoms. The van der Waals surface area contributed by atoms with Crippen LogP contribution in [0.1, 0.15) is 17.8 Å². The maximum absolute atomic E-state index is 11.6. The van der Waals surface area contributed by atoms with Gasteiger partial charge in [-0.15, -0.1) is 10.2 Å². The molecule has 0 radical (unpaired) electrons. The molecule has 1 atom stereocenters. The zero-order chi connectivity index (χ0) is 15.7. The third kappa shape index (κ3) is 3.23. The SMILES string of the molecule is Cc1nnc(N2CC3(C[C@@H](OCC(=O)N(C)C)CCO3)C2)s1. The highest BCUT2D eigenvalue weighted by atomic mass is 32.1. The average molecular weight is 326 g/mol. The van der Waals surface area contributed by atoms with Gasteiger partial charge in [0.25, 0.3) is 0 Å². The summed E-state index contributed by atoms with van der Waals surface area (Å²) in [5.41, 5.74) is -0.149. The molecule has 2 fully saturated rings. The van der Waals surface area contributed by atoms with Crippen molar-refractivity contribution in [3.8, 4) is 0 Å². The topological polar surface area (TPSA) is 67.8 Å². The number of hydrogen-bond acceptors (Lipinski definition) is 7. The van der Waals surface area contributed by atoms with Crippen LogP contribution in [0.2, 0.25) is 0 Å². The predicted molar refractivity (Wildman–Crippen MR) is 83.2 cm³/mol. The molecule has 0 N–H and O–H groups in total. The second kappa shape index (κ2) is 6.10. The number of carbonyl (C=O) groups excluding carboxylic acids is 1. The number of hydrogen-bond donors (Lipinski definition) is 0. The normalized spacial score (nSPS) is 23.4. The molecule has 2 saturated heterocycles. The second-order valence-electron chi connectivity index (χ2n) is 6.21. The first-order chi connectivity index (χ1) is 10.5. The van der Waals surface area contributed by atoms with Crippen molar-refractivity contribution in [1.29, 1.82) is 0 Å². The molecular weight excluding hydrogens is 304 g/mol. The summed E-state index contributed by atoms with van der Waals surface area (Å²) in [6, 6.07) is 0. The minimum atomic E-state index is -0.149. The van der Waals surface area contributed by atoms with E-state index in [0.717, 1.165) is 36.1 Å². The van der Waals surface area contributed by atoms with Crippen LogP contribution in [0.3, 0.4) is 0 Å². The van der Waals surface area contributed by atoms with E-state index in [9.17, 15) is 4.79 Å². The molecule has 2 aliphatic rings. The molecule has 0 aromatic carbocycles. The van der Waals surface area contributed by atoms with Gasteiger partial charge in [-0.1, -0.05) is 11.3 Å². The zero-order valence-electron chi connectivity index (χ0n) is 13.2. The van der Waals surface area contributed by atoms with E-state index in [1.807, 2.05) is 6.92 Å². The van der Waals surface area contributed by atoms with E-state index < -0.39 is 0 Å². The van der Waals surface area contributed by atoms with Crippen molar-refractivity contribution >= 4 is 22.4 Å². The predicted octanol–water partition coefficient (Wildman–Crippen LogP) is 0.689. The van der Waals surface area contributed by atoms with Crippen LogP contribution in [-0.4, -0.2) is 73.1 Å². The Morgan fingerprint density at radius 3 is 2.91 bits per heavy atom. The van der Waals surface area contributed by atoms with E-state index >= 15 is 0 Å². The summed E-state index contributed by atoms with van der Waals surface area (Å²) in [6.45, 7) is 4.43. The number of rotatable bonds is 4. The largest absolute Gasteiger partial charge is 0.371 e. The van der Waals surface area contributed by atoms with Crippen LogP contribution in [0.4, 0.5) is 5.13 Å². The van der Waals surface area contributed by atoms with E-state index in [1.54, 1.807) is 30.3 Å². The van der Waals surface area contributed by atoms with E-state index in [1.165, 1.54) is 0 Å². The maximum Gasteiger partial charge on any atom is 0.248 e. The number of likely N-dealkylation sites (N-methyl/N-ethyl adjacent to an activating group) is 1. The number of amides is 1. The van der Waals surface area contributed by atoms with Crippen molar-refractivity contribution < 1.29 is 14.3 Å². The molecule has 1 spiro atoms. The summed E-state index contributed by atoms with van der Waals surface area (Å²) < 4.78 is 11.8. The average Bonchev–Trinajstić information content (AvgIpc) is 2.88. The zero-order valence-corrected chi connectivity index (χ0v) is 14.1. The molecule has 3 heterocycles. The molecule has 0 aliphatic carbocycles. The van der Waals surface area contributed by atoms with Gasteiger partial charge in [-0.2, -0.15) is 0 Å². The minimum Gasteiger partial charge on any atom is -0.371 e. The van der Waals surface area contributed by atoms with Crippen molar-refractivity contribution in [3.63, 3.8) is 0 Å². The van der Waals surface area contributed by atoms with Crippen LogP contribution in [0.15, 0.2) is 0 Å². The van der Waals surface area contributed by atoms with Crippen LogP contribution in [0.25, 0.3) is 0 Å². The van der Waals surface area contributed by atoms with Crippen molar-refractivity contribution in [1.82, 2.24) is 15.1 Å². The van der Waals surface area contributed by atoms with Crippen molar-refractivity contribution in [2.75, 3.05) is 45.3 Å². The first kappa shape index (κ1) is 15.6. The number of ether oxygens (including phenoxy) is 2. The van der Waals surface area contributed by atoms with Crippen LogP contribution in [0.5, 0.6) is 0 Å². The van der Waals surface area contributed by atoms with Gasteiger partial charge in [0, 0.05) is 27.1 Å². The Hall–Kier alpha value is -1.25. The number of aromatic nitrogens is 2. The molecular formula is C14H22N4O3S. The van der Waals surface area contributed by atoms with Gasteiger partial charge in [-0.25, -0.2) is 0 Å². The smallest absolute Gasteiger partial charge is 0.248 e. The van der Waals surface area contributed by atoms with Gasteiger partial charge in [0.15, 0.2) is 0 Å². The summed E-state index contributed by atoms with van der Waals surface area (Å²) in [5.74, 6) is 0.000105. The van der Waals surface area contributed by atoms with Gasteiger partial charge in [0.2, 0.25) is 11.0 Å². The van der Waals surface area contributed by atoms with Gasteiger partial charge in [-0.05, 0) is 13.3 Å².